The van der Waals surface area contributed by atoms with Crippen LogP contribution in [0.5, 0.6) is 11.5 Å². The maximum atomic E-state index is 13.1. The van der Waals surface area contributed by atoms with Crippen LogP contribution in [0.4, 0.5) is 5.82 Å². The van der Waals surface area contributed by atoms with E-state index in [0.29, 0.717) is 17.5 Å². The van der Waals surface area contributed by atoms with Gasteiger partial charge >= 0.3 is 0 Å². The van der Waals surface area contributed by atoms with Crippen LogP contribution in [0.2, 0.25) is 0 Å². The molecule has 2 aliphatic heterocycles. The van der Waals surface area contributed by atoms with Gasteiger partial charge in [-0.25, -0.2) is 9.97 Å². The molecule has 10 nitrogen and oxygen atoms in total. The van der Waals surface area contributed by atoms with Crippen LogP contribution in [-0.2, 0) is 11.3 Å². The monoisotopic (exact) mass is 538 g/mol. The number of nitrogens with two attached hydrogens (primary N) is 1. The average molecular weight is 539 g/mol. The van der Waals surface area contributed by atoms with E-state index in [9.17, 15) is 9.59 Å². The minimum Gasteiger partial charge on any atom is -0.493 e. The van der Waals surface area contributed by atoms with Crippen molar-refractivity contribution >= 4 is 39.2 Å². The molecule has 0 aliphatic carbocycles. The van der Waals surface area contributed by atoms with Crippen LogP contribution in [0.3, 0.4) is 0 Å². The lowest BCUT2D eigenvalue weighted by atomic mass is 10.0. The molecule has 0 unspecified atom stereocenters. The van der Waals surface area contributed by atoms with Gasteiger partial charge in [0.25, 0.3) is 11.8 Å². The van der Waals surface area contributed by atoms with Crippen molar-refractivity contribution in [1.29, 1.82) is 0 Å². The Morgan fingerprint density at radius 2 is 1.89 bits per heavy atom. The Balaban J connectivity index is 1.21. The van der Waals surface area contributed by atoms with Crippen LogP contribution in [-0.4, -0.2) is 77.5 Å². The molecule has 38 heavy (non-hydrogen) atoms. The van der Waals surface area contributed by atoms with Crippen molar-refractivity contribution < 1.29 is 19.1 Å². The molecule has 2 fully saturated rings. The molecule has 4 heterocycles. The molecule has 5 rings (SSSR count). The highest BCUT2D eigenvalue weighted by molar-refractivity contribution is 7.20. The summed E-state index contributed by atoms with van der Waals surface area (Å²) in [6, 6.07) is 6.04. The first kappa shape index (κ1) is 26.2. The van der Waals surface area contributed by atoms with Crippen LogP contribution in [0.15, 0.2) is 24.5 Å². The molecule has 3 aromatic rings. The number of thiophene rings is 1. The highest BCUT2D eigenvalue weighted by Crippen LogP contribution is 2.35. The number of nitrogens with one attached hydrogen (secondary N) is 1. The molecule has 202 valence electrons. The predicted octanol–water partition coefficient (Wildman–Crippen LogP) is 3.18. The largest absolute Gasteiger partial charge is 0.493 e. The Hall–Kier alpha value is -3.44. The summed E-state index contributed by atoms with van der Waals surface area (Å²) in [5, 5.41) is 4.62. The fraction of sp³-hybridized carbons (Fsp3) is 0.481. The zero-order valence-electron chi connectivity index (χ0n) is 21.9. The molecule has 0 bridgehead atoms. The molecule has 2 saturated heterocycles. The van der Waals surface area contributed by atoms with E-state index in [1.165, 1.54) is 11.3 Å². The lowest BCUT2D eigenvalue weighted by molar-refractivity contribution is -0.119. The Kier molecular flexibility index (Phi) is 7.94. The lowest BCUT2D eigenvalue weighted by Gasteiger charge is -2.32. The van der Waals surface area contributed by atoms with Crippen molar-refractivity contribution in [2.45, 2.75) is 45.2 Å². The summed E-state index contributed by atoms with van der Waals surface area (Å²) in [5.41, 5.74) is 7.26. The van der Waals surface area contributed by atoms with Crippen molar-refractivity contribution in [3.05, 3.63) is 40.5 Å². The molecule has 0 atom stereocenters. The van der Waals surface area contributed by atoms with E-state index >= 15 is 0 Å². The summed E-state index contributed by atoms with van der Waals surface area (Å²) in [5.74, 6) is 1.50. The number of benzene rings is 1. The van der Waals surface area contributed by atoms with Crippen molar-refractivity contribution in [3.8, 4) is 11.5 Å². The maximum Gasteiger partial charge on any atom is 0.264 e. The summed E-state index contributed by atoms with van der Waals surface area (Å²) in [4.78, 5) is 39.1. The van der Waals surface area contributed by atoms with Gasteiger partial charge in [0.1, 0.15) is 17.0 Å². The molecule has 0 spiro atoms. The van der Waals surface area contributed by atoms with E-state index in [0.717, 1.165) is 90.4 Å². The number of fused-ring (bicyclic) bond motifs is 1. The Bertz CT molecular complexity index is 1310. The summed E-state index contributed by atoms with van der Waals surface area (Å²) >= 11 is 1.47. The molecular weight excluding hydrogens is 504 g/mol. The van der Waals surface area contributed by atoms with Crippen LogP contribution >= 0.6 is 11.3 Å². The van der Waals surface area contributed by atoms with Gasteiger partial charge in [-0.05, 0) is 55.9 Å². The first-order valence-electron chi connectivity index (χ1n) is 13.0. The fourth-order valence-electron chi connectivity index (χ4n) is 5.21. The smallest absolute Gasteiger partial charge is 0.264 e. The zero-order valence-corrected chi connectivity index (χ0v) is 22.7. The van der Waals surface area contributed by atoms with Crippen LogP contribution < -0.4 is 20.5 Å². The van der Waals surface area contributed by atoms with Gasteiger partial charge in [0.05, 0.1) is 17.4 Å². The van der Waals surface area contributed by atoms with Crippen molar-refractivity contribution in [2.24, 2.45) is 5.73 Å². The lowest BCUT2D eigenvalue weighted by Crippen LogP contribution is -2.38. The Morgan fingerprint density at radius 3 is 2.61 bits per heavy atom. The molecular formula is C27H34N6O4S. The van der Waals surface area contributed by atoms with E-state index in [1.54, 1.807) is 13.4 Å². The predicted molar refractivity (Wildman–Crippen MR) is 147 cm³/mol. The van der Waals surface area contributed by atoms with Gasteiger partial charge < -0.3 is 25.4 Å². The van der Waals surface area contributed by atoms with Gasteiger partial charge in [0.2, 0.25) is 0 Å². The first-order chi connectivity index (χ1) is 18.4. The molecule has 3 N–H and O–H groups in total. The third-order valence-corrected chi connectivity index (χ3v) is 8.43. The van der Waals surface area contributed by atoms with E-state index in [1.807, 2.05) is 30.0 Å². The Morgan fingerprint density at radius 1 is 1.13 bits per heavy atom. The standard InChI is InChI=1S/C27H34N6O4S/c1-17-23-25(29-16-30-26(23)38-24(17)27(35)33-9-3-4-10-33)31-19-7-11-32(12-8-19)14-18-5-6-20(21(13-18)36-2)37-15-22(28)34/h5-6,13,16,19H,3-4,7-12,14-15H2,1-2H3,(H2,28,34)(H,29,30,31). The minimum absolute atomic E-state index is 0.117. The highest BCUT2D eigenvalue weighted by Gasteiger charge is 2.27. The number of piperidine rings is 1. The summed E-state index contributed by atoms with van der Waals surface area (Å²) in [7, 11) is 1.58. The highest BCUT2D eigenvalue weighted by atomic mass is 32.1. The maximum absolute atomic E-state index is 13.1. The van der Waals surface area contributed by atoms with Gasteiger partial charge in [0, 0.05) is 38.8 Å². The second kappa shape index (κ2) is 11.5. The van der Waals surface area contributed by atoms with E-state index in [4.69, 9.17) is 15.2 Å². The molecule has 2 aliphatic rings. The summed E-state index contributed by atoms with van der Waals surface area (Å²) in [6.07, 6.45) is 5.69. The van der Waals surface area contributed by atoms with Crippen molar-refractivity contribution in [2.75, 3.05) is 45.2 Å². The van der Waals surface area contributed by atoms with Crippen molar-refractivity contribution in [3.63, 3.8) is 0 Å². The Labute approximate surface area is 226 Å². The van der Waals surface area contributed by atoms with Crippen LogP contribution in [0.1, 0.15) is 46.5 Å². The number of nitrogens with zero attached hydrogens (tertiary/aromatic N) is 4. The number of carbonyl (C=O) groups excluding carboxylic acids is 2. The number of aryl methyl sites for hydroxylation is 1. The second-order valence-electron chi connectivity index (χ2n) is 9.89. The van der Waals surface area contributed by atoms with E-state index in [-0.39, 0.29) is 12.5 Å². The van der Waals surface area contributed by atoms with Crippen molar-refractivity contribution in [1.82, 2.24) is 19.8 Å². The van der Waals surface area contributed by atoms with E-state index < -0.39 is 5.91 Å². The number of primary amides is 1. The van der Waals surface area contributed by atoms with Gasteiger partial charge in [-0.3, -0.25) is 14.5 Å². The van der Waals surface area contributed by atoms with Crippen LogP contribution in [0, 0.1) is 6.92 Å². The fourth-order valence-corrected chi connectivity index (χ4v) is 6.33. The number of carbonyl (C=O) groups is 2. The minimum atomic E-state index is -0.527. The second-order valence-corrected chi connectivity index (χ2v) is 10.9. The number of ether oxygens (including phenoxy) is 2. The SMILES string of the molecule is COc1cc(CN2CCC(Nc3ncnc4sc(C(=O)N5CCCC5)c(C)c34)CC2)ccc1OCC(N)=O. The summed E-state index contributed by atoms with van der Waals surface area (Å²) < 4.78 is 10.9. The van der Waals surface area contributed by atoms with Gasteiger partial charge in [-0.2, -0.15) is 0 Å². The molecule has 11 heteroatoms. The molecule has 0 radical (unpaired) electrons. The topological polar surface area (TPSA) is 123 Å². The quantitative estimate of drug-likeness (QED) is 0.426. The summed E-state index contributed by atoms with van der Waals surface area (Å²) in [6.45, 7) is 6.17. The van der Waals surface area contributed by atoms with Gasteiger partial charge in [-0.1, -0.05) is 6.07 Å². The third kappa shape index (κ3) is 5.68. The first-order valence-corrected chi connectivity index (χ1v) is 13.8. The normalized spacial score (nSPS) is 16.6. The molecule has 2 aromatic heterocycles. The number of hydrogen-bond donors (Lipinski definition) is 2. The number of hydrogen-bond acceptors (Lipinski definition) is 9. The van der Waals surface area contributed by atoms with Gasteiger partial charge in [0.15, 0.2) is 18.1 Å². The number of anilines is 1. The van der Waals surface area contributed by atoms with Gasteiger partial charge in [-0.15, -0.1) is 11.3 Å². The average Bonchev–Trinajstić information content (AvgIpc) is 3.57. The number of amides is 2. The number of likely N-dealkylation sites (tertiary alicyclic amines) is 2. The number of aromatic nitrogens is 2. The number of methoxy groups -OCH3 is 1. The molecule has 1 aromatic carbocycles. The molecule has 2 amide bonds. The van der Waals surface area contributed by atoms with Crippen LogP contribution in [0.25, 0.3) is 10.2 Å². The molecule has 0 saturated carbocycles. The third-order valence-electron chi connectivity index (χ3n) is 7.25. The number of rotatable bonds is 9. The van der Waals surface area contributed by atoms with E-state index in [2.05, 4.69) is 20.2 Å². The zero-order chi connectivity index (χ0) is 26.6.